The summed E-state index contributed by atoms with van der Waals surface area (Å²) in [6.45, 7) is 2.99. The number of nitrogens with zero attached hydrogens (tertiary/aromatic N) is 1. The van der Waals surface area contributed by atoms with Crippen LogP contribution in [0.1, 0.15) is 19.8 Å². The average Bonchev–Trinajstić information content (AvgIpc) is 2.17. The summed E-state index contributed by atoms with van der Waals surface area (Å²) in [7, 11) is -3.11. The highest BCUT2D eigenvalue weighted by atomic mass is 32.2. The molecule has 6 heteroatoms. The lowest BCUT2D eigenvalue weighted by molar-refractivity contribution is -0.149. The Bertz CT molecular complexity index is 317. The first-order valence-electron chi connectivity index (χ1n) is 5.07. The number of ether oxygens (including phenoxy) is 1. The van der Waals surface area contributed by atoms with E-state index < -0.39 is 10.0 Å². The van der Waals surface area contributed by atoms with Gasteiger partial charge in [-0.15, -0.1) is 0 Å². The second-order valence-corrected chi connectivity index (χ2v) is 5.67. The molecule has 0 amide bonds. The van der Waals surface area contributed by atoms with Crippen LogP contribution in [0.2, 0.25) is 0 Å². The van der Waals surface area contributed by atoms with Crippen molar-refractivity contribution in [3.63, 3.8) is 0 Å². The lowest BCUT2D eigenvalue weighted by Gasteiger charge is -2.28. The van der Waals surface area contributed by atoms with Gasteiger partial charge in [0.25, 0.3) is 0 Å². The highest BCUT2D eigenvalue weighted by Crippen LogP contribution is 2.20. The van der Waals surface area contributed by atoms with Crippen molar-refractivity contribution in [2.45, 2.75) is 19.8 Å². The van der Waals surface area contributed by atoms with Crippen LogP contribution in [-0.2, 0) is 19.6 Å². The van der Waals surface area contributed by atoms with Crippen LogP contribution >= 0.6 is 0 Å². The summed E-state index contributed by atoms with van der Waals surface area (Å²) in [5, 5.41) is 0. The van der Waals surface area contributed by atoms with Crippen LogP contribution in [0, 0.1) is 5.92 Å². The van der Waals surface area contributed by atoms with Gasteiger partial charge in [0, 0.05) is 13.1 Å². The van der Waals surface area contributed by atoms with E-state index in [1.54, 1.807) is 6.92 Å². The molecule has 1 heterocycles. The van der Waals surface area contributed by atoms with Gasteiger partial charge in [-0.05, 0) is 19.8 Å². The normalized spacial score (nSPS) is 20.1. The van der Waals surface area contributed by atoms with E-state index in [1.807, 2.05) is 0 Å². The molecule has 0 saturated carbocycles. The van der Waals surface area contributed by atoms with Crippen LogP contribution in [0.15, 0.2) is 0 Å². The molecule has 0 spiro atoms. The van der Waals surface area contributed by atoms with Crippen LogP contribution in [0.3, 0.4) is 0 Å². The van der Waals surface area contributed by atoms with Gasteiger partial charge in [0.2, 0.25) is 10.0 Å². The van der Waals surface area contributed by atoms with E-state index in [0.29, 0.717) is 32.5 Å². The van der Waals surface area contributed by atoms with E-state index in [4.69, 9.17) is 4.74 Å². The maximum atomic E-state index is 11.4. The van der Waals surface area contributed by atoms with E-state index in [-0.39, 0.29) is 11.9 Å². The number of carbonyl (C=O) groups is 1. The molecule has 1 saturated heterocycles. The third-order valence-corrected chi connectivity index (χ3v) is 3.85. The van der Waals surface area contributed by atoms with Gasteiger partial charge in [0.05, 0.1) is 18.8 Å². The maximum Gasteiger partial charge on any atom is 0.309 e. The van der Waals surface area contributed by atoms with E-state index in [0.717, 1.165) is 0 Å². The Hall–Kier alpha value is -0.620. The van der Waals surface area contributed by atoms with E-state index in [1.165, 1.54) is 10.6 Å². The molecule has 0 N–H and O–H groups in total. The predicted octanol–water partition coefficient (Wildman–Crippen LogP) is 0.221. The lowest BCUT2D eigenvalue weighted by atomic mass is 9.98. The molecule has 0 radical (unpaired) electrons. The Balaban J connectivity index is 2.46. The van der Waals surface area contributed by atoms with E-state index in [9.17, 15) is 13.2 Å². The van der Waals surface area contributed by atoms with Crippen LogP contribution in [0.4, 0.5) is 0 Å². The Labute approximate surface area is 90.4 Å². The zero-order valence-corrected chi connectivity index (χ0v) is 9.92. The van der Waals surface area contributed by atoms with Gasteiger partial charge >= 0.3 is 5.97 Å². The van der Waals surface area contributed by atoms with Crippen molar-refractivity contribution < 1.29 is 17.9 Å². The Morgan fingerprint density at radius 3 is 2.33 bits per heavy atom. The smallest absolute Gasteiger partial charge is 0.309 e. The molecule has 0 aliphatic carbocycles. The number of hydrogen-bond donors (Lipinski definition) is 0. The van der Waals surface area contributed by atoms with Crippen LogP contribution in [-0.4, -0.2) is 44.6 Å². The van der Waals surface area contributed by atoms with Crippen molar-refractivity contribution in [1.29, 1.82) is 0 Å². The van der Waals surface area contributed by atoms with Gasteiger partial charge in [0.1, 0.15) is 0 Å². The Kier molecular flexibility index (Phi) is 4.10. The first kappa shape index (κ1) is 12.4. The summed E-state index contributed by atoms with van der Waals surface area (Å²) in [6, 6.07) is 0. The third-order valence-electron chi connectivity index (χ3n) is 2.54. The number of esters is 1. The van der Waals surface area contributed by atoms with Gasteiger partial charge in [-0.25, -0.2) is 12.7 Å². The zero-order chi connectivity index (χ0) is 11.5. The SMILES string of the molecule is CCOC(=O)C1CCN(S(C)(=O)=O)CC1. The number of piperidine rings is 1. The molecule has 0 atom stereocenters. The minimum atomic E-state index is -3.11. The molecule has 5 nitrogen and oxygen atoms in total. The molecular weight excluding hydrogens is 218 g/mol. The second kappa shape index (κ2) is 4.94. The predicted molar refractivity (Wildman–Crippen MR) is 55.8 cm³/mol. The van der Waals surface area contributed by atoms with Crippen molar-refractivity contribution in [3.05, 3.63) is 0 Å². The fourth-order valence-corrected chi connectivity index (χ4v) is 2.56. The molecule has 1 aliphatic heterocycles. The van der Waals surface area contributed by atoms with Gasteiger partial charge in [-0.2, -0.15) is 0 Å². The van der Waals surface area contributed by atoms with E-state index >= 15 is 0 Å². The quantitative estimate of drug-likeness (QED) is 0.656. The molecule has 0 bridgehead atoms. The van der Waals surface area contributed by atoms with Gasteiger partial charge in [0.15, 0.2) is 0 Å². The summed E-state index contributed by atoms with van der Waals surface area (Å²) < 4.78 is 28.7. The molecule has 0 unspecified atom stereocenters. The summed E-state index contributed by atoms with van der Waals surface area (Å²) in [5.41, 5.74) is 0. The van der Waals surface area contributed by atoms with Gasteiger partial charge in [-0.1, -0.05) is 0 Å². The molecule has 1 rings (SSSR count). The first-order valence-corrected chi connectivity index (χ1v) is 6.91. The molecule has 0 aromatic heterocycles. The number of rotatable bonds is 3. The van der Waals surface area contributed by atoms with Gasteiger partial charge < -0.3 is 4.74 Å². The highest BCUT2D eigenvalue weighted by molar-refractivity contribution is 7.88. The fourth-order valence-electron chi connectivity index (χ4n) is 1.68. The molecule has 1 aliphatic rings. The standard InChI is InChI=1S/C9H17NO4S/c1-3-14-9(11)8-4-6-10(7-5-8)15(2,12)13/h8H,3-7H2,1-2H3. The summed E-state index contributed by atoms with van der Waals surface area (Å²) >= 11 is 0. The second-order valence-electron chi connectivity index (χ2n) is 3.69. The zero-order valence-electron chi connectivity index (χ0n) is 9.10. The molecular formula is C9H17NO4S. The molecule has 0 aromatic carbocycles. The molecule has 0 aromatic rings. The van der Waals surface area contributed by atoms with Crippen LogP contribution < -0.4 is 0 Å². The van der Waals surface area contributed by atoms with Crippen molar-refractivity contribution in [2.75, 3.05) is 26.0 Å². The Morgan fingerprint density at radius 2 is 1.93 bits per heavy atom. The minimum absolute atomic E-state index is 0.136. The van der Waals surface area contributed by atoms with Crippen molar-refractivity contribution in [3.8, 4) is 0 Å². The molecule has 15 heavy (non-hydrogen) atoms. The maximum absolute atomic E-state index is 11.4. The van der Waals surface area contributed by atoms with Crippen molar-refractivity contribution in [2.24, 2.45) is 5.92 Å². The summed E-state index contributed by atoms with van der Waals surface area (Å²) in [4.78, 5) is 11.4. The number of hydrogen-bond acceptors (Lipinski definition) is 4. The summed E-state index contributed by atoms with van der Waals surface area (Å²) in [6.07, 6.45) is 2.31. The van der Waals surface area contributed by atoms with Crippen molar-refractivity contribution >= 4 is 16.0 Å². The third kappa shape index (κ3) is 3.46. The lowest BCUT2D eigenvalue weighted by Crippen LogP contribution is -2.40. The van der Waals surface area contributed by atoms with Crippen LogP contribution in [0.5, 0.6) is 0 Å². The monoisotopic (exact) mass is 235 g/mol. The van der Waals surface area contributed by atoms with Crippen LogP contribution in [0.25, 0.3) is 0 Å². The summed E-state index contributed by atoms with van der Waals surface area (Å²) in [5.74, 6) is -0.339. The Morgan fingerprint density at radius 1 is 1.40 bits per heavy atom. The van der Waals surface area contributed by atoms with Gasteiger partial charge in [-0.3, -0.25) is 4.79 Å². The molecule has 1 fully saturated rings. The fraction of sp³-hybridized carbons (Fsp3) is 0.889. The number of carbonyl (C=O) groups excluding carboxylic acids is 1. The average molecular weight is 235 g/mol. The van der Waals surface area contributed by atoms with Crippen molar-refractivity contribution in [1.82, 2.24) is 4.31 Å². The molecule has 88 valence electrons. The topological polar surface area (TPSA) is 63.7 Å². The minimum Gasteiger partial charge on any atom is -0.466 e. The first-order chi connectivity index (χ1) is 6.95. The largest absolute Gasteiger partial charge is 0.466 e. The van der Waals surface area contributed by atoms with E-state index in [2.05, 4.69) is 0 Å². The number of sulfonamides is 1. The highest BCUT2D eigenvalue weighted by Gasteiger charge is 2.29.